The van der Waals surface area contributed by atoms with E-state index in [4.69, 9.17) is 10.00 Å². The second kappa shape index (κ2) is 16.6. The first-order valence-electron chi connectivity index (χ1n) is 13.7. The molecule has 10 nitrogen and oxygen atoms in total. The lowest BCUT2D eigenvalue weighted by atomic mass is 9.82. The molecule has 0 fully saturated rings. The van der Waals surface area contributed by atoms with Crippen LogP contribution in [-0.2, 0) is 16.9 Å². The fourth-order valence-corrected chi connectivity index (χ4v) is 5.53. The van der Waals surface area contributed by atoms with Crippen molar-refractivity contribution in [3.05, 3.63) is 88.3 Å². The molecule has 4 aromatic rings. The molecule has 0 spiro atoms. The molecule has 242 valence electrons. The zero-order chi connectivity index (χ0) is 31.1. The van der Waals surface area contributed by atoms with E-state index in [9.17, 15) is 14.3 Å². The van der Waals surface area contributed by atoms with Gasteiger partial charge in [0.05, 0.1) is 22.3 Å². The third-order valence-corrected chi connectivity index (χ3v) is 8.27. The summed E-state index contributed by atoms with van der Waals surface area (Å²) in [5, 5.41) is 30.9. The number of amides is 1. The summed E-state index contributed by atoms with van der Waals surface area (Å²) >= 11 is 1.28. The van der Waals surface area contributed by atoms with Crippen molar-refractivity contribution in [3.63, 3.8) is 0 Å². The molecule has 4 rings (SSSR count). The number of halogens is 4. The molecule has 0 aliphatic carbocycles. The molecule has 0 aliphatic heterocycles. The van der Waals surface area contributed by atoms with Crippen LogP contribution in [0, 0.1) is 23.0 Å². The molecule has 2 aromatic carbocycles. The number of rotatable bonds is 12. The highest BCUT2D eigenvalue weighted by atomic mass is 35.5. The Balaban J connectivity index is 0.00000353. The third-order valence-electron chi connectivity index (χ3n) is 7.24. The fraction of sp³-hybridized carbons (Fsp3) is 0.367. The van der Waals surface area contributed by atoms with E-state index in [1.807, 2.05) is 12.4 Å². The lowest BCUT2D eigenvalue weighted by Gasteiger charge is -2.32. The largest absolute Gasteiger partial charge is 1.00 e. The Kier molecular flexibility index (Phi) is 13.8. The maximum atomic E-state index is 15.2. The van der Waals surface area contributed by atoms with Crippen molar-refractivity contribution in [2.24, 2.45) is 0 Å². The summed E-state index contributed by atoms with van der Waals surface area (Å²) in [6.07, 6.45) is 2.50. The van der Waals surface area contributed by atoms with Gasteiger partial charge in [-0.3, -0.25) is 0 Å². The highest BCUT2D eigenvalue weighted by molar-refractivity contribution is 7.10. The van der Waals surface area contributed by atoms with E-state index in [0.29, 0.717) is 22.8 Å². The van der Waals surface area contributed by atoms with Crippen molar-refractivity contribution >= 4 is 29.8 Å². The monoisotopic (exact) mass is 681 g/mol. The summed E-state index contributed by atoms with van der Waals surface area (Å²) in [6, 6.07) is 11.9. The molecular weight excluding hydrogens is 647 g/mol. The number of hydrogen-bond donors (Lipinski definition) is 2. The fourth-order valence-electron chi connectivity index (χ4n) is 4.56. The number of benzene rings is 2. The molecule has 15 heteroatoms. The number of aromatic nitrogens is 4. The minimum Gasteiger partial charge on any atom is -1.00 e. The number of aliphatic hydroxyl groups is 1. The molecule has 3 unspecified atom stereocenters. The zero-order valence-corrected chi connectivity index (χ0v) is 27.5. The van der Waals surface area contributed by atoms with Crippen LogP contribution in [0.25, 0.3) is 11.3 Å². The molecule has 3 atom stereocenters. The number of nitriles is 1. The van der Waals surface area contributed by atoms with E-state index < -0.39 is 35.5 Å². The summed E-state index contributed by atoms with van der Waals surface area (Å²) in [5.74, 6) is -2.27. The minimum absolute atomic E-state index is 0. The Labute approximate surface area is 277 Å². The third kappa shape index (κ3) is 8.96. The van der Waals surface area contributed by atoms with Crippen molar-refractivity contribution in [2.75, 3.05) is 27.2 Å². The molecule has 0 radical (unpaired) electrons. The summed E-state index contributed by atoms with van der Waals surface area (Å²) in [7, 11) is 3.49. The zero-order valence-electron chi connectivity index (χ0n) is 25.2. The van der Waals surface area contributed by atoms with Gasteiger partial charge in [-0.15, -0.1) is 28.4 Å². The lowest BCUT2D eigenvalue weighted by Crippen LogP contribution is -3.00. The average Bonchev–Trinajstić information content (AvgIpc) is 3.68. The number of carbonyl (C=O) groups excluding carboxylic acids is 1. The maximum Gasteiger partial charge on any atom is 0.412 e. The first-order chi connectivity index (χ1) is 20.5. The first kappa shape index (κ1) is 37.5. The van der Waals surface area contributed by atoms with Gasteiger partial charge in [-0.1, -0.05) is 19.1 Å². The van der Waals surface area contributed by atoms with Crippen molar-refractivity contribution in [3.8, 4) is 17.3 Å². The van der Waals surface area contributed by atoms with Crippen LogP contribution in [0.1, 0.15) is 48.5 Å². The van der Waals surface area contributed by atoms with Gasteiger partial charge >= 0.3 is 6.09 Å². The number of ether oxygens (including phenoxy) is 1. The predicted octanol–water partition coefficient (Wildman–Crippen LogP) is 1.76. The second-order valence-corrected chi connectivity index (χ2v) is 11.2. The molecule has 0 saturated carbocycles. The highest BCUT2D eigenvalue weighted by Gasteiger charge is 2.43. The Morgan fingerprint density at radius 3 is 2.64 bits per heavy atom. The van der Waals surface area contributed by atoms with Gasteiger partial charge in [0.1, 0.15) is 23.8 Å². The standard InChI is InChI=1S/C30H34F2N7O3S.2ClH/c1-20(28-36-27(16-43-28)23-8-6-22(15-33)7-9-23)30(41,25-14-24(31)10-11-26(25)32)17-39-19-38(18-35-39)21(2)42-29(40)37(4)13-5-12-34-3;;/h6-11,14,16,18-21,34,41H,5,12-13,17H2,1-4H3;2*1H/q+1;;/p-1. The van der Waals surface area contributed by atoms with E-state index in [1.54, 1.807) is 49.7 Å². The van der Waals surface area contributed by atoms with Gasteiger partial charge < -0.3 is 32.5 Å². The van der Waals surface area contributed by atoms with Gasteiger partial charge in [0.2, 0.25) is 12.6 Å². The Morgan fingerprint density at radius 1 is 1.27 bits per heavy atom. The van der Waals surface area contributed by atoms with Crippen molar-refractivity contribution < 1.29 is 40.4 Å². The Morgan fingerprint density at radius 2 is 1.98 bits per heavy atom. The second-order valence-electron chi connectivity index (χ2n) is 10.3. The molecule has 0 bridgehead atoms. The van der Waals surface area contributed by atoms with E-state index in [2.05, 4.69) is 21.5 Å². The maximum absolute atomic E-state index is 15.2. The van der Waals surface area contributed by atoms with Gasteiger partial charge in [-0.2, -0.15) is 9.83 Å². The van der Waals surface area contributed by atoms with Crippen LogP contribution in [0.2, 0.25) is 0 Å². The van der Waals surface area contributed by atoms with Gasteiger partial charge in [0.25, 0.3) is 6.33 Å². The number of thiazole rings is 1. The SMILES string of the molecule is CNCCCN(C)C(=O)OC(C)[n+]1cnn(CC(O)(c2cc(F)ccc2F)C(C)c2nc(-c3ccc(C#N)cc3)cs2)c1.Cl.[Cl-]. The summed E-state index contributed by atoms with van der Waals surface area (Å²) < 4.78 is 38.0. The van der Waals surface area contributed by atoms with Crippen LogP contribution in [0.15, 0.2) is 60.5 Å². The van der Waals surface area contributed by atoms with Crippen molar-refractivity contribution in [2.45, 2.75) is 44.6 Å². The average molecular weight is 683 g/mol. The van der Waals surface area contributed by atoms with Crippen LogP contribution in [-0.4, -0.2) is 58.0 Å². The molecule has 0 saturated heterocycles. The first-order valence-corrected chi connectivity index (χ1v) is 14.6. The normalized spacial score (nSPS) is 13.4. The summed E-state index contributed by atoms with van der Waals surface area (Å²) in [4.78, 5) is 18.7. The van der Waals surface area contributed by atoms with Gasteiger partial charge in [0.15, 0.2) is 0 Å². The molecule has 45 heavy (non-hydrogen) atoms. The Bertz CT molecular complexity index is 1600. The Hall–Kier alpha value is -3.67. The minimum atomic E-state index is -1.97. The van der Waals surface area contributed by atoms with Crippen LogP contribution < -0.4 is 22.3 Å². The number of carbonyl (C=O) groups is 1. The molecule has 2 aromatic heterocycles. The van der Waals surface area contributed by atoms with E-state index in [0.717, 1.165) is 36.7 Å². The molecular formula is C30H35Cl2F2N7O3S. The predicted molar refractivity (Wildman–Crippen MR) is 163 cm³/mol. The summed E-state index contributed by atoms with van der Waals surface area (Å²) in [5.41, 5.74) is -0.288. The van der Waals surface area contributed by atoms with Crippen molar-refractivity contribution in [1.29, 1.82) is 5.26 Å². The quantitative estimate of drug-likeness (QED) is 0.173. The number of nitrogens with one attached hydrogen (secondary N) is 1. The number of nitrogens with zero attached hydrogens (tertiary/aromatic N) is 6. The van der Waals surface area contributed by atoms with Crippen LogP contribution in [0.3, 0.4) is 0 Å². The molecule has 0 aliphatic rings. The van der Waals surface area contributed by atoms with Crippen LogP contribution in [0.5, 0.6) is 0 Å². The number of hydrogen-bond acceptors (Lipinski definition) is 8. The van der Waals surface area contributed by atoms with Crippen LogP contribution in [0.4, 0.5) is 13.6 Å². The van der Waals surface area contributed by atoms with E-state index in [1.165, 1.54) is 33.6 Å². The molecule has 2 heterocycles. The van der Waals surface area contributed by atoms with E-state index >= 15 is 4.39 Å². The summed E-state index contributed by atoms with van der Waals surface area (Å²) in [6.45, 7) is 4.39. The topological polar surface area (TPSA) is 120 Å². The van der Waals surface area contributed by atoms with Gasteiger partial charge in [0, 0.05) is 48.0 Å². The van der Waals surface area contributed by atoms with Gasteiger partial charge in [-0.25, -0.2) is 18.6 Å². The highest BCUT2D eigenvalue weighted by Crippen LogP contribution is 2.41. The molecule has 2 N–H and O–H groups in total. The van der Waals surface area contributed by atoms with Crippen molar-refractivity contribution in [1.82, 2.24) is 25.0 Å². The molecule has 1 amide bonds. The lowest BCUT2D eigenvalue weighted by molar-refractivity contribution is -0.753. The van der Waals surface area contributed by atoms with Gasteiger partial charge in [-0.05, 0) is 50.3 Å². The van der Waals surface area contributed by atoms with E-state index in [-0.39, 0.29) is 36.9 Å². The van der Waals surface area contributed by atoms with Crippen LogP contribution >= 0.6 is 23.7 Å². The smallest absolute Gasteiger partial charge is 0.412 e.